The number of thioether (sulfide) groups is 1. The van der Waals surface area contributed by atoms with Crippen LogP contribution in [0.4, 0.5) is 13.2 Å². The number of nitrogens with zero attached hydrogens (tertiary/aromatic N) is 2. The molecule has 0 bridgehead atoms. The van der Waals surface area contributed by atoms with Gasteiger partial charge in [0.25, 0.3) is 5.56 Å². The van der Waals surface area contributed by atoms with Crippen LogP contribution in [0.15, 0.2) is 22.0 Å². The Morgan fingerprint density at radius 2 is 2.13 bits per heavy atom. The molecule has 1 heterocycles. The Balaban J connectivity index is 3.38. The molecule has 1 aromatic heterocycles. The summed E-state index contributed by atoms with van der Waals surface area (Å²) in [7, 11) is 1.21. The maximum atomic E-state index is 12.3. The monoisotopic (exact) mass is 234 g/mol. The van der Waals surface area contributed by atoms with Crippen LogP contribution in [-0.4, -0.2) is 4.57 Å². The number of alkyl halides is 3. The summed E-state index contributed by atoms with van der Waals surface area (Å²) < 4.78 is 37.7. The molecule has 0 radical (unpaired) electrons. The van der Waals surface area contributed by atoms with Gasteiger partial charge in [-0.2, -0.15) is 18.4 Å². The van der Waals surface area contributed by atoms with E-state index >= 15 is 0 Å². The van der Waals surface area contributed by atoms with Crippen LogP contribution in [0.2, 0.25) is 0 Å². The van der Waals surface area contributed by atoms with Crippen LogP contribution in [0.1, 0.15) is 5.56 Å². The first kappa shape index (κ1) is 11.7. The summed E-state index contributed by atoms with van der Waals surface area (Å²) in [6.45, 7) is 0. The molecule has 0 fully saturated rings. The van der Waals surface area contributed by atoms with Crippen molar-refractivity contribution >= 4 is 11.8 Å². The van der Waals surface area contributed by atoms with Gasteiger partial charge >= 0.3 is 6.18 Å². The molecule has 1 rings (SSSR count). The fourth-order valence-corrected chi connectivity index (χ4v) is 1.47. The van der Waals surface area contributed by atoms with Gasteiger partial charge in [0, 0.05) is 13.2 Å². The lowest BCUT2D eigenvalue weighted by molar-refractivity contribution is -0.138. The van der Waals surface area contributed by atoms with Gasteiger partial charge < -0.3 is 4.57 Å². The first-order valence-electron chi connectivity index (χ1n) is 3.70. The summed E-state index contributed by atoms with van der Waals surface area (Å²) in [5.41, 5.74) is -1.56. The molecule has 15 heavy (non-hydrogen) atoms. The van der Waals surface area contributed by atoms with Crippen molar-refractivity contribution in [1.29, 1.82) is 5.26 Å². The number of hydrogen-bond acceptors (Lipinski definition) is 3. The van der Waals surface area contributed by atoms with Crippen molar-refractivity contribution in [2.45, 2.75) is 11.1 Å². The molecule has 0 saturated carbocycles. The lowest BCUT2D eigenvalue weighted by atomic mass is 10.3. The van der Waals surface area contributed by atoms with Gasteiger partial charge in [0.2, 0.25) is 0 Å². The molecule has 80 valence electrons. The van der Waals surface area contributed by atoms with Crippen molar-refractivity contribution < 1.29 is 13.2 Å². The van der Waals surface area contributed by atoms with Gasteiger partial charge in [0.05, 0.1) is 10.5 Å². The average Bonchev–Trinajstić information content (AvgIpc) is 2.11. The van der Waals surface area contributed by atoms with Gasteiger partial charge in [0.1, 0.15) is 5.40 Å². The number of aromatic nitrogens is 1. The molecule has 0 aliphatic heterocycles. The van der Waals surface area contributed by atoms with Crippen LogP contribution in [-0.2, 0) is 13.2 Å². The number of halogens is 3. The molecule has 1 aromatic rings. The minimum atomic E-state index is -4.52. The van der Waals surface area contributed by atoms with E-state index in [-0.39, 0.29) is 4.90 Å². The SMILES string of the molecule is Cn1cc(C(F)(F)F)cc(SC#N)c1=O. The van der Waals surface area contributed by atoms with E-state index in [0.717, 1.165) is 4.57 Å². The third-order valence-electron chi connectivity index (χ3n) is 1.63. The highest BCUT2D eigenvalue weighted by molar-refractivity contribution is 8.03. The Bertz CT molecular complexity index is 472. The summed E-state index contributed by atoms with van der Waals surface area (Å²) in [6.07, 6.45) is -3.82. The zero-order valence-corrected chi connectivity index (χ0v) is 8.32. The summed E-state index contributed by atoms with van der Waals surface area (Å²) in [5, 5.41) is 9.88. The van der Waals surface area contributed by atoms with Crippen molar-refractivity contribution in [2.75, 3.05) is 0 Å². The predicted molar refractivity (Wildman–Crippen MR) is 48.2 cm³/mol. The fraction of sp³-hybridized carbons (Fsp3) is 0.250. The Hall–Kier alpha value is -1.42. The van der Waals surface area contributed by atoms with Crippen molar-refractivity contribution in [2.24, 2.45) is 7.05 Å². The smallest absolute Gasteiger partial charge is 0.317 e. The zero-order valence-electron chi connectivity index (χ0n) is 7.50. The molecule has 0 N–H and O–H groups in total. The molecular weight excluding hydrogens is 229 g/mol. The first-order valence-corrected chi connectivity index (χ1v) is 4.51. The van der Waals surface area contributed by atoms with Crippen molar-refractivity contribution in [3.05, 3.63) is 28.2 Å². The largest absolute Gasteiger partial charge is 0.417 e. The van der Waals surface area contributed by atoms with Crippen LogP contribution in [0, 0.1) is 10.7 Å². The second-order valence-corrected chi connectivity index (χ2v) is 3.53. The van der Waals surface area contributed by atoms with Crippen molar-refractivity contribution in [3.63, 3.8) is 0 Å². The molecule has 0 unspecified atom stereocenters. The van der Waals surface area contributed by atoms with E-state index in [0.29, 0.717) is 24.0 Å². The van der Waals surface area contributed by atoms with E-state index in [1.807, 2.05) is 0 Å². The maximum Gasteiger partial charge on any atom is 0.417 e. The van der Waals surface area contributed by atoms with Gasteiger partial charge in [-0.25, -0.2) is 0 Å². The molecule has 0 aliphatic rings. The number of hydrogen-bond donors (Lipinski definition) is 0. The van der Waals surface area contributed by atoms with Crippen molar-refractivity contribution in [3.8, 4) is 5.40 Å². The predicted octanol–water partition coefficient (Wildman–Crippen LogP) is 1.98. The van der Waals surface area contributed by atoms with E-state index < -0.39 is 17.3 Å². The van der Waals surface area contributed by atoms with Gasteiger partial charge in [-0.15, -0.1) is 0 Å². The highest BCUT2D eigenvalue weighted by Gasteiger charge is 2.31. The Labute approximate surface area is 87.1 Å². The van der Waals surface area contributed by atoms with Crippen LogP contribution < -0.4 is 5.56 Å². The average molecular weight is 234 g/mol. The van der Waals surface area contributed by atoms with Gasteiger partial charge in [-0.1, -0.05) is 0 Å². The quantitative estimate of drug-likeness (QED) is 0.551. The third-order valence-corrected chi connectivity index (χ3v) is 2.24. The molecule has 0 aliphatic carbocycles. The lowest BCUT2D eigenvalue weighted by Crippen LogP contribution is -2.21. The van der Waals surface area contributed by atoms with Crippen LogP contribution >= 0.6 is 11.8 Å². The maximum absolute atomic E-state index is 12.3. The minimum absolute atomic E-state index is 0.227. The molecule has 0 atom stereocenters. The first-order chi connectivity index (χ1) is 6.86. The summed E-state index contributed by atoms with van der Waals surface area (Å²) >= 11 is 0.419. The number of rotatable bonds is 1. The van der Waals surface area contributed by atoms with E-state index in [4.69, 9.17) is 5.26 Å². The molecule has 0 aromatic carbocycles. The zero-order chi connectivity index (χ0) is 11.6. The standard InChI is InChI=1S/C8H5F3N2OS/c1-13-3-5(8(9,10)11)2-6(7(13)14)15-4-12/h2-3H,1H3. The molecule has 0 saturated heterocycles. The molecule has 0 amide bonds. The van der Waals surface area contributed by atoms with Gasteiger partial charge in [0.15, 0.2) is 0 Å². The molecule has 7 heteroatoms. The Morgan fingerprint density at radius 1 is 1.53 bits per heavy atom. The number of aryl methyl sites for hydroxylation is 1. The molecule has 3 nitrogen and oxygen atoms in total. The number of thiocyanates is 1. The van der Waals surface area contributed by atoms with Crippen LogP contribution in [0.5, 0.6) is 0 Å². The Morgan fingerprint density at radius 3 is 2.60 bits per heavy atom. The summed E-state index contributed by atoms with van der Waals surface area (Å²) in [5.74, 6) is 0. The van der Waals surface area contributed by atoms with Gasteiger partial charge in [-0.3, -0.25) is 4.79 Å². The van der Waals surface area contributed by atoms with Crippen LogP contribution in [0.3, 0.4) is 0 Å². The Kier molecular flexibility index (Phi) is 3.09. The highest BCUT2D eigenvalue weighted by atomic mass is 32.2. The topological polar surface area (TPSA) is 45.8 Å². The van der Waals surface area contributed by atoms with Gasteiger partial charge in [-0.05, 0) is 17.8 Å². The minimum Gasteiger partial charge on any atom is -0.317 e. The number of pyridine rings is 1. The van der Waals surface area contributed by atoms with Crippen molar-refractivity contribution in [1.82, 2.24) is 4.57 Å². The lowest BCUT2D eigenvalue weighted by Gasteiger charge is -2.09. The normalized spacial score (nSPS) is 11.1. The highest BCUT2D eigenvalue weighted by Crippen LogP contribution is 2.30. The second-order valence-electron chi connectivity index (χ2n) is 2.70. The van der Waals surface area contributed by atoms with E-state index in [2.05, 4.69) is 0 Å². The second kappa shape index (κ2) is 3.98. The van der Waals surface area contributed by atoms with E-state index in [1.165, 1.54) is 7.05 Å². The van der Waals surface area contributed by atoms with E-state index in [1.54, 1.807) is 5.40 Å². The molecular formula is C8H5F3N2OS. The fourth-order valence-electron chi connectivity index (χ4n) is 0.959. The molecule has 0 spiro atoms. The number of nitriles is 1. The summed E-state index contributed by atoms with van der Waals surface area (Å²) in [4.78, 5) is 11.0. The van der Waals surface area contributed by atoms with Crippen LogP contribution in [0.25, 0.3) is 0 Å². The third kappa shape index (κ3) is 2.53. The van der Waals surface area contributed by atoms with E-state index in [9.17, 15) is 18.0 Å². The summed E-state index contributed by atoms with van der Waals surface area (Å²) in [6, 6.07) is 0.677.